The van der Waals surface area contributed by atoms with Crippen molar-refractivity contribution < 1.29 is 0 Å². The number of halogens is 2. The van der Waals surface area contributed by atoms with E-state index in [0.29, 0.717) is 16.5 Å². The molecule has 82 valence electrons. The Balaban J connectivity index is 2.92. The molecule has 2 nitrogen and oxygen atoms in total. The molecule has 0 aliphatic carbocycles. The Hall–Kier alpha value is -0.540. The fourth-order valence-electron chi connectivity index (χ4n) is 1.31. The van der Waals surface area contributed by atoms with Crippen LogP contribution in [0.2, 0.25) is 10.0 Å². The van der Waals surface area contributed by atoms with Crippen LogP contribution < -0.4 is 11.3 Å². The van der Waals surface area contributed by atoms with Crippen LogP contribution in [0, 0.1) is 0 Å². The molecule has 1 atom stereocenters. The van der Waals surface area contributed by atoms with E-state index >= 15 is 0 Å². The van der Waals surface area contributed by atoms with E-state index in [2.05, 4.69) is 12.0 Å². The normalized spacial score (nSPS) is 12.5. The van der Waals surface area contributed by atoms with Crippen molar-refractivity contribution in [3.63, 3.8) is 0 Å². The van der Waals surface area contributed by atoms with Gasteiger partial charge in [0.05, 0.1) is 0 Å². The number of benzene rings is 1. The molecule has 0 aliphatic heterocycles. The minimum absolute atomic E-state index is 0.0117. The summed E-state index contributed by atoms with van der Waals surface area (Å²) in [7, 11) is 0. The van der Waals surface area contributed by atoms with E-state index in [1.807, 2.05) is 25.1 Å². The summed E-state index contributed by atoms with van der Waals surface area (Å²) in [4.78, 5) is 0. The van der Waals surface area contributed by atoms with Crippen LogP contribution in [-0.2, 0) is 6.42 Å². The Kier molecular flexibility index (Phi) is 4.61. The van der Waals surface area contributed by atoms with Gasteiger partial charge in [0, 0.05) is 16.1 Å². The minimum atomic E-state index is -0.0117. The summed E-state index contributed by atoms with van der Waals surface area (Å²) in [5.74, 6) is 5.42. The van der Waals surface area contributed by atoms with E-state index in [0.717, 1.165) is 11.1 Å². The Bertz CT molecular complexity index is 343. The third kappa shape index (κ3) is 3.21. The quantitative estimate of drug-likeness (QED) is 0.486. The van der Waals surface area contributed by atoms with Gasteiger partial charge in [-0.3, -0.25) is 11.3 Å². The van der Waals surface area contributed by atoms with Crippen molar-refractivity contribution in [3.8, 4) is 0 Å². The number of hydrazine groups is 1. The van der Waals surface area contributed by atoms with Crippen molar-refractivity contribution in [1.29, 1.82) is 0 Å². The first-order valence-electron chi connectivity index (χ1n) is 4.60. The molecule has 3 N–H and O–H groups in total. The summed E-state index contributed by atoms with van der Waals surface area (Å²) >= 11 is 12.1. The lowest BCUT2D eigenvalue weighted by molar-refractivity contribution is 0.591. The Morgan fingerprint density at radius 1 is 1.47 bits per heavy atom. The Morgan fingerprint density at radius 2 is 2.00 bits per heavy atom. The SMILES string of the molecule is C=C(C)C(Cc1c(Cl)cccc1Cl)NN. The van der Waals surface area contributed by atoms with Gasteiger partial charge in [-0.25, -0.2) is 0 Å². The van der Waals surface area contributed by atoms with Crippen LogP contribution in [0.15, 0.2) is 30.4 Å². The lowest BCUT2D eigenvalue weighted by Crippen LogP contribution is -2.37. The van der Waals surface area contributed by atoms with Crippen LogP contribution in [0.5, 0.6) is 0 Å². The second-order valence-corrected chi connectivity index (χ2v) is 4.28. The van der Waals surface area contributed by atoms with Gasteiger partial charge in [-0.2, -0.15) is 0 Å². The van der Waals surface area contributed by atoms with Gasteiger partial charge in [0.15, 0.2) is 0 Å². The molecule has 1 rings (SSSR count). The van der Waals surface area contributed by atoms with E-state index in [4.69, 9.17) is 29.0 Å². The summed E-state index contributed by atoms with van der Waals surface area (Å²) in [5.41, 5.74) is 4.54. The smallest absolute Gasteiger partial charge is 0.0455 e. The molecule has 1 unspecified atom stereocenters. The largest absolute Gasteiger partial charge is 0.271 e. The summed E-state index contributed by atoms with van der Waals surface area (Å²) in [6, 6.07) is 5.44. The topological polar surface area (TPSA) is 38.0 Å². The molecule has 0 heterocycles. The number of rotatable bonds is 4. The lowest BCUT2D eigenvalue weighted by Gasteiger charge is -2.17. The summed E-state index contributed by atoms with van der Waals surface area (Å²) < 4.78 is 0. The maximum absolute atomic E-state index is 6.05. The molecule has 0 saturated heterocycles. The molecule has 0 radical (unpaired) electrons. The average molecular weight is 245 g/mol. The molecule has 0 saturated carbocycles. The maximum Gasteiger partial charge on any atom is 0.0455 e. The van der Waals surface area contributed by atoms with Crippen molar-refractivity contribution in [2.24, 2.45) is 5.84 Å². The van der Waals surface area contributed by atoms with Gasteiger partial charge in [-0.1, -0.05) is 41.4 Å². The van der Waals surface area contributed by atoms with Gasteiger partial charge in [0.25, 0.3) is 0 Å². The zero-order valence-electron chi connectivity index (χ0n) is 8.56. The highest BCUT2D eigenvalue weighted by atomic mass is 35.5. The van der Waals surface area contributed by atoms with Crippen molar-refractivity contribution >= 4 is 23.2 Å². The lowest BCUT2D eigenvalue weighted by atomic mass is 10.0. The molecule has 0 aliphatic rings. The first kappa shape index (κ1) is 12.5. The first-order valence-corrected chi connectivity index (χ1v) is 5.36. The van der Waals surface area contributed by atoms with Gasteiger partial charge in [0.2, 0.25) is 0 Å². The highest BCUT2D eigenvalue weighted by Crippen LogP contribution is 2.26. The summed E-state index contributed by atoms with van der Waals surface area (Å²) in [5, 5.41) is 1.31. The zero-order valence-corrected chi connectivity index (χ0v) is 10.1. The van der Waals surface area contributed by atoms with Crippen molar-refractivity contribution in [3.05, 3.63) is 46.0 Å². The monoisotopic (exact) mass is 244 g/mol. The maximum atomic E-state index is 6.05. The molecule has 1 aromatic rings. The van der Waals surface area contributed by atoms with Crippen molar-refractivity contribution in [1.82, 2.24) is 5.43 Å². The fourth-order valence-corrected chi connectivity index (χ4v) is 1.86. The number of nitrogens with two attached hydrogens (primary N) is 1. The van der Waals surface area contributed by atoms with Crippen LogP contribution in [0.25, 0.3) is 0 Å². The second-order valence-electron chi connectivity index (χ2n) is 3.47. The van der Waals surface area contributed by atoms with Crippen LogP contribution in [0.1, 0.15) is 12.5 Å². The third-order valence-electron chi connectivity index (χ3n) is 2.27. The highest BCUT2D eigenvalue weighted by molar-refractivity contribution is 6.36. The third-order valence-corrected chi connectivity index (χ3v) is 2.97. The molecular formula is C11H14Cl2N2. The van der Waals surface area contributed by atoms with Gasteiger partial charge < -0.3 is 0 Å². The van der Waals surface area contributed by atoms with Crippen molar-refractivity contribution in [2.75, 3.05) is 0 Å². The van der Waals surface area contributed by atoms with E-state index in [1.54, 1.807) is 0 Å². The predicted octanol–water partition coefficient (Wildman–Crippen LogP) is 2.94. The number of hydrogen-bond donors (Lipinski definition) is 2. The van der Waals surface area contributed by atoms with Gasteiger partial charge in [-0.15, -0.1) is 0 Å². The molecular weight excluding hydrogens is 231 g/mol. The Morgan fingerprint density at radius 3 is 2.40 bits per heavy atom. The minimum Gasteiger partial charge on any atom is -0.271 e. The molecule has 0 amide bonds. The summed E-state index contributed by atoms with van der Waals surface area (Å²) in [6.07, 6.45) is 0.643. The van der Waals surface area contributed by atoms with Gasteiger partial charge in [-0.05, 0) is 31.0 Å². The fraction of sp³-hybridized carbons (Fsp3) is 0.273. The zero-order chi connectivity index (χ0) is 11.4. The van der Waals surface area contributed by atoms with Crippen LogP contribution in [0.4, 0.5) is 0 Å². The molecule has 0 aromatic heterocycles. The molecule has 0 bridgehead atoms. The number of hydrogen-bond acceptors (Lipinski definition) is 2. The van der Waals surface area contributed by atoms with E-state index in [-0.39, 0.29) is 6.04 Å². The average Bonchev–Trinajstić information content (AvgIpc) is 2.17. The second kappa shape index (κ2) is 5.52. The molecule has 0 spiro atoms. The van der Waals surface area contributed by atoms with Crippen LogP contribution in [-0.4, -0.2) is 6.04 Å². The van der Waals surface area contributed by atoms with Crippen LogP contribution >= 0.6 is 23.2 Å². The Labute approximate surface area is 100 Å². The van der Waals surface area contributed by atoms with E-state index < -0.39 is 0 Å². The standard InChI is InChI=1S/C11H14Cl2N2/c1-7(2)11(15-14)6-8-9(12)4-3-5-10(8)13/h3-5,11,15H,1,6,14H2,2H3. The van der Waals surface area contributed by atoms with Gasteiger partial charge in [0.1, 0.15) is 0 Å². The first-order chi connectivity index (χ1) is 7.06. The van der Waals surface area contributed by atoms with Crippen LogP contribution in [0.3, 0.4) is 0 Å². The van der Waals surface area contributed by atoms with Gasteiger partial charge >= 0.3 is 0 Å². The van der Waals surface area contributed by atoms with E-state index in [9.17, 15) is 0 Å². The predicted molar refractivity (Wildman–Crippen MR) is 66.1 cm³/mol. The molecule has 0 fully saturated rings. The van der Waals surface area contributed by atoms with E-state index in [1.165, 1.54) is 0 Å². The highest BCUT2D eigenvalue weighted by Gasteiger charge is 2.13. The number of nitrogens with one attached hydrogen (secondary N) is 1. The molecule has 1 aromatic carbocycles. The van der Waals surface area contributed by atoms with Crippen molar-refractivity contribution in [2.45, 2.75) is 19.4 Å². The summed E-state index contributed by atoms with van der Waals surface area (Å²) in [6.45, 7) is 5.77. The molecule has 15 heavy (non-hydrogen) atoms. The molecule has 4 heteroatoms.